The number of carbonyl (C=O) groups is 1. The minimum Gasteiger partial charge on any atom is -0.497 e. The Morgan fingerprint density at radius 3 is 2.50 bits per heavy atom. The number of amides is 1. The van der Waals surface area contributed by atoms with Gasteiger partial charge in [-0.2, -0.15) is 0 Å². The number of hydrogen-bond acceptors (Lipinski definition) is 7. The molecule has 0 radical (unpaired) electrons. The summed E-state index contributed by atoms with van der Waals surface area (Å²) >= 11 is 0. The predicted molar refractivity (Wildman–Crippen MR) is 126 cm³/mol. The number of ether oxygens (including phenoxy) is 3. The number of nitrogens with one attached hydrogen (secondary N) is 2. The molecule has 1 unspecified atom stereocenters. The van der Waals surface area contributed by atoms with Crippen molar-refractivity contribution in [2.75, 3.05) is 25.0 Å². The summed E-state index contributed by atoms with van der Waals surface area (Å²) in [5.74, 6) is 0.815. The molecule has 0 bridgehead atoms. The van der Waals surface area contributed by atoms with Crippen LogP contribution < -0.4 is 19.5 Å². The van der Waals surface area contributed by atoms with Crippen LogP contribution in [0.15, 0.2) is 71.8 Å². The summed E-state index contributed by atoms with van der Waals surface area (Å²) in [5, 5.41) is 2.86. The van der Waals surface area contributed by atoms with Gasteiger partial charge in [0.15, 0.2) is 0 Å². The molecule has 178 valence electrons. The van der Waals surface area contributed by atoms with Crippen LogP contribution in [0.2, 0.25) is 0 Å². The van der Waals surface area contributed by atoms with Crippen molar-refractivity contribution in [2.45, 2.75) is 23.8 Å². The summed E-state index contributed by atoms with van der Waals surface area (Å²) in [5.41, 5.74) is 0.656. The number of benzene rings is 2. The van der Waals surface area contributed by atoms with Crippen molar-refractivity contribution in [1.82, 2.24) is 10.3 Å². The van der Waals surface area contributed by atoms with Gasteiger partial charge >= 0.3 is 0 Å². The van der Waals surface area contributed by atoms with Crippen LogP contribution >= 0.6 is 0 Å². The summed E-state index contributed by atoms with van der Waals surface area (Å²) in [7, 11) is -2.25. The smallest absolute Gasteiger partial charge is 0.261 e. The Morgan fingerprint density at radius 2 is 1.82 bits per heavy atom. The molecule has 3 aromatic rings. The highest BCUT2D eigenvalue weighted by atomic mass is 32.2. The van der Waals surface area contributed by atoms with Crippen molar-refractivity contribution in [2.24, 2.45) is 0 Å². The van der Waals surface area contributed by atoms with Crippen LogP contribution in [0.1, 0.15) is 23.2 Å². The second kappa shape index (κ2) is 10.5. The monoisotopic (exact) mass is 483 g/mol. The predicted octanol–water partition coefficient (Wildman–Crippen LogP) is 3.59. The third-order valence-corrected chi connectivity index (χ3v) is 6.62. The van der Waals surface area contributed by atoms with Gasteiger partial charge in [-0.05, 0) is 73.5 Å². The van der Waals surface area contributed by atoms with E-state index in [1.54, 1.807) is 48.5 Å². The zero-order chi connectivity index (χ0) is 24.0. The van der Waals surface area contributed by atoms with E-state index in [9.17, 15) is 13.2 Å². The molecule has 9 nitrogen and oxygen atoms in total. The van der Waals surface area contributed by atoms with Crippen molar-refractivity contribution in [3.05, 3.63) is 72.4 Å². The zero-order valence-electron chi connectivity index (χ0n) is 18.6. The van der Waals surface area contributed by atoms with E-state index < -0.39 is 10.0 Å². The molecule has 0 aliphatic carbocycles. The molecule has 1 saturated heterocycles. The Balaban J connectivity index is 1.41. The molecule has 1 fully saturated rings. The van der Waals surface area contributed by atoms with Crippen LogP contribution in [0, 0.1) is 0 Å². The molecule has 2 aromatic carbocycles. The molecule has 10 heteroatoms. The maximum absolute atomic E-state index is 12.6. The van der Waals surface area contributed by atoms with E-state index in [1.807, 2.05) is 0 Å². The molecule has 2 N–H and O–H groups in total. The maximum atomic E-state index is 12.6. The summed E-state index contributed by atoms with van der Waals surface area (Å²) in [6.45, 7) is 1.14. The molecule has 34 heavy (non-hydrogen) atoms. The standard InChI is InChI=1S/C24H25N3O6S/c1-31-18-10-12-21(13-11-18)34(29,30)27-17-6-8-19(9-7-17)33-24-22(5-2-14-25-24)23(28)26-16-20-4-3-15-32-20/h2,5-14,20,27H,3-4,15-16H2,1H3,(H,26,28). The number of pyridine rings is 1. The average molecular weight is 484 g/mol. The first-order valence-electron chi connectivity index (χ1n) is 10.7. The van der Waals surface area contributed by atoms with Crippen LogP contribution in [0.3, 0.4) is 0 Å². The summed E-state index contributed by atoms with van der Waals surface area (Å²) in [4.78, 5) is 16.9. The maximum Gasteiger partial charge on any atom is 0.261 e. The number of methoxy groups -OCH3 is 1. The van der Waals surface area contributed by atoms with Gasteiger partial charge in [-0.15, -0.1) is 0 Å². The lowest BCUT2D eigenvalue weighted by Gasteiger charge is -2.13. The van der Waals surface area contributed by atoms with Crippen molar-refractivity contribution in [1.29, 1.82) is 0 Å². The number of anilines is 1. The van der Waals surface area contributed by atoms with Gasteiger partial charge in [0.25, 0.3) is 15.9 Å². The quantitative estimate of drug-likeness (QED) is 0.478. The molecule has 2 heterocycles. The van der Waals surface area contributed by atoms with Crippen LogP contribution in [-0.2, 0) is 14.8 Å². The summed E-state index contributed by atoms with van der Waals surface area (Å²) < 4.78 is 44.1. The molecular weight excluding hydrogens is 458 g/mol. The number of sulfonamides is 1. The van der Waals surface area contributed by atoms with E-state index >= 15 is 0 Å². The second-order valence-electron chi connectivity index (χ2n) is 7.61. The van der Waals surface area contributed by atoms with Crippen molar-refractivity contribution < 1.29 is 27.4 Å². The summed E-state index contributed by atoms with van der Waals surface area (Å²) in [6, 6.07) is 15.7. The van der Waals surface area contributed by atoms with E-state index in [0.717, 1.165) is 12.8 Å². The Kier molecular flexibility index (Phi) is 7.29. The zero-order valence-corrected chi connectivity index (χ0v) is 19.4. The molecule has 1 aromatic heterocycles. The SMILES string of the molecule is COc1ccc(S(=O)(=O)Nc2ccc(Oc3ncccc3C(=O)NCC3CCCO3)cc2)cc1. The lowest BCUT2D eigenvalue weighted by atomic mass is 10.2. The van der Waals surface area contributed by atoms with Gasteiger partial charge in [0, 0.05) is 25.0 Å². The lowest BCUT2D eigenvalue weighted by Crippen LogP contribution is -2.32. The molecule has 1 aliphatic heterocycles. The first-order valence-corrected chi connectivity index (χ1v) is 12.2. The highest BCUT2D eigenvalue weighted by Crippen LogP contribution is 2.26. The Labute approximate surface area is 198 Å². The molecule has 0 saturated carbocycles. The van der Waals surface area contributed by atoms with Crippen LogP contribution in [0.5, 0.6) is 17.4 Å². The number of nitrogens with zero attached hydrogens (tertiary/aromatic N) is 1. The van der Waals surface area contributed by atoms with E-state index in [2.05, 4.69) is 15.0 Å². The van der Waals surface area contributed by atoms with Gasteiger partial charge in [-0.1, -0.05) is 0 Å². The molecule has 4 rings (SSSR count). The van der Waals surface area contributed by atoms with Gasteiger partial charge in [0.1, 0.15) is 17.1 Å². The Bertz CT molecular complexity index is 1220. The number of hydrogen-bond donors (Lipinski definition) is 2. The van der Waals surface area contributed by atoms with E-state index in [-0.39, 0.29) is 22.8 Å². The normalized spacial score (nSPS) is 15.5. The van der Waals surface area contributed by atoms with Crippen LogP contribution in [-0.4, -0.2) is 45.7 Å². The third kappa shape index (κ3) is 5.83. The molecule has 1 amide bonds. The Hall–Kier alpha value is -3.63. The summed E-state index contributed by atoms with van der Waals surface area (Å²) in [6.07, 6.45) is 3.47. The van der Waals surface area contributed by atoms with Crippen molar-refractivity contribution in [3.8, 4) is 17.4 Å². The highest BCUT2D eigenvalue weighted by Gasteiger charge is 2.19. The van der Waals surface area contributed by atoms with Crippen molar-refractivity contribution in [3.63, 3.8) is 0 Å². The fraction of sp³-hybridized carbons (Fsp3) is 0.250. The third-order valence-electron chi connectivity index (χ3n) is 5.22. The fourth-order valence-corrected chi connectivity index (χ4v) is 4.48. The van der Waals surface area contributed by atoms with E-state index in [4.69, 9.17) is 14.2 Å². The van der Waals surface area contributed by atoms with Gasteiger partial charge in [0.2, 0.25) is 5.88 Å². The highest BCUT2D eigenvalue weighted by molar-refractivity contribution is 7.92. The van der Waals surface area contributed by atoms with Gasteiger partial charge in [-0.25, -0.2) is 13.4 Å². The van der Waals surface area contributed by atoms with Gasteiger partial charge < -0.3 is 19.5 Å². The van der Waals surface area contributed by atoms with Crippen LogP contribution in [0.4, 0.5) is 5.69 Å². The van der Waals surface area contributed by atoms with Gasteiger partial charge in [-0.3, -0.25) is 9.52 Å². The number of rotatable bonds is 9. The average Bonchev–Trinajstić information content (AvgIpc) is 3.38. The molecule has 1 atom stereocenters. The first-order chi connectivity index (χ1) is 16.4. The first kappa shape index (κ1) is 23.5. The lowest BCUT2D eigenvalue weighted by molar-refractivity contribution is 0.0855. The largest absolute Gasteiger partial charge is 0.497 e. The topological polar surface area (TPSA) is 116 Å². The molecule has 1 aliphatic rings. The number of aromatic nitrogens is 1. The molecule has 0 spiro atoms. The molecular formula is C24H25N3O6S. The second-order valence-corrected chi connectivity index (χ2v) is 9.29. The minimum absolute atomic E-state index is 0.0271. The van der Waals surface area contributed by atoms with Crippen LogP contribution in [0.25, 0.3) is 0 Å². The van der Waals surface area contributed by atoms with E-state index in [0.29, 0.717) is 35.9 Å². The Morgan fingerprint density at radius 1 is 1.09 bits per heavy atom. The van der Waals surface area contributed by atoms with E-state index in [1.165, 1.54) is 25.4 Å². The van der Waals surface area contributed by atoms with Crippen molar-refractivity contribution >= 4 is 21.6 Å². The minimum atomic E-state index is -3.76. The fourth-order valence-electron chi connectivity index (χ4n) is 3.42. The number of carbonyl (C=O) groups excluding carboxylic acids is 1. The van der Waals surface area contributed by atoms with Gasteiger partial charge in [0.05, 0.1) is 18.1 Å².